The molecule has 0 saturated carbocycles. The molecule has 0 aliphatic rings. The standard InChI is InChI=1S/C18H18ClN3/c1-13-11-15(19)7-8-17(13)22-18(12-16(21-22)9-10-20)14-5-3-2-4-6-14/h2-8,11-12H,9-10,20H2,1H3. The zero-order valence-electron chi connectivity index (χ0n) is 12.5. The molecule has 0 amide bonds. The molecule has 0 bridgehead atoms. The maximum Gasteiger partial charge on any atom is 0.0743 e. The highest BCUT2D eigenvalue weighted by Crippen LogP contribution is 2.27. The van der Waals surface area contributed by atoms with Crippen molar-refractivity contribution in [1.29, 1.82) is 0 Å². The van der Waals surface area contributed by atoms with Crippen molar-refractivity contribution in [2.75, 3.05) is 6.54 Å². The van der Waals surface area contributed by atoms with Gasteiger partial charge >= 0.3 is 0 Å². The smallest absolute Gasteiger partial charge is 0.0743 e. The number of hydrogen-bond donors (Lipinski definition) is 1. The number of aryl methyl sites for hydroxylation is 1. The number of nitrogens with zero attached hydrogens (tertiary/aromatic N) is 2. The van der Waals surface area contributed by atoms with Crippen LogP contribution in [-0.4, -0.2) is 16.3 Å². The van der Waals surface area contributed by atoms with Gasteiger partial charge in [0.05, 0.1) is 17.1 Å². The molecule has 3 nitrogen and oxygen atoms in total. The van der Waals surface area contributed by atoms with Crippen LogP contribution in [-0.2, 0) is 6.42 Å². The van der Waals surface area contributed by atoms with Crippen molar-refractivity contribution < 1.29 is 0 Å². The van der Waals surface area contributed by atoms with Gasteiger partial charge in [0.2, 0.25) is 0 Å². The van der Waals surface area contributed by atoms with Crippen LogP contribution < -0.4 is 5.73 Å². The second-order valence-electron chi connectivity index (χ2n) is 5.27. The highest BCUT2D eigenvalue weighted by atomic mass is 35.5. The first-order valence-corrected chi connectivity index (χ1v) is 7.68. The van der Waals surface area contributed by atoms with Crippen LogP contribution in [0.4, 0.5) is 0 Å². The molecule has 3 rings (SSSR count). The molecule has 22 heavy (non-hydrogen) atoms. The Bertz CT molecular complexity index is 778. The fourth-order valence-corrected chi connectivity index (χ4v) is 2.78. The summed E-state index contributed by atoms with van der Waals surface area (Å²) in [5.74, 6) is 0. The van der Waals surface area contributed by atoms with Crippen LogP contribution in [0.3, 0.4) is 0 Å². The summed E-state index contributed by atoms with van der Waals surface area (Å²) in [6.45, 7) is 2.63. The van der Waals surface area contributed by atoms with Crippen LogP contribution in [0.1, 0.15) is 11.3 Å². The van der Waals surface area contributed by atoms with E-state index in [1.807, 2.05) is 48.0 Å². The van der Waals surface area contributed by atoms with Crippen molar-refractivity contribution >= 4 is 11.6 Å². The van der Waals surface area contributed by atoms with Crippen LogP contribution in [0.5, 0.6) is 0 Å². The number of nitrogens with two attached hydrogens (primary N) is 1. The van der Waals surface area contributed by atoms with Gasteiger partial charge in [-0.2, -0.15) is 5.10 Å². The third-order valence-electron chi connectivity index (χ3n) is 3.62. The van der Waals surface area contributed by atoms with Gasteiger partial charge in [0.15, 0.2) is 0 Å². The molecule has 0 unspecified atom stereocenters. The summed E-state index contributed by atoms with van der Waals surface area (Å²) >= 11 is 6.07. The van der Waals surface area contributed by atoms with Crippen LogP contribution in [0, 0.1) is 6.92 Å². The van der Waals surface area contributed by atoms with Gasteiger partial charge in [0, 0.05) is 17.0 Å². The average molecular weight is 312 g/mol. The second kappa shape index (κ2) is 6.34. The monoisotopic (exact) mass is 311 g/mol. The van der Waals surface area contributed by atoms with Crippen molar-refractivity contribution in [3.05, 3.63) is 70.9 Å². The fourth-order valence-electron chi connectivity index (χ4n) is 2.55. The minimum Gasteiger partial charge on any atom is -0.330 e. The van der Waals surface area contributed by atoms with E-state index in [4.69, 9.17) is 22.4 Å². The van der Waals surface area contributed by atoms with Crippen LogP contribution in [0.25, 0.3) is 16.9 Å². The summed E-state index contributed by atoms with van der Waals surface area (Å²) in [7, 11) is 0. The lowest BCUT2D eigenvalue weighted by Gasteiger charge is -2.10. The van der Waals surface area contributed by atoms with E-state index in [0.717, 1.165) is 39.6 Å². The maximum absolute atomic E-state index is 6.07. The molecular formula is C18H18ClN3. The highest BCUT2D eigenvalue weighted by molar-refractivity contribution is 6.30. The third kappa shape index (κ3) is 2.91. The highest BCUT2D eigenvalue weighted by Gasteiger charge is 2.13. The van der Waals surface area contributed by atoms with E-state index in [9.17, 15) is 0 Å². The van der Waals surface area contributed by atoms with Crippen molar-refractivity contribution in [2.24, 2.45) is 5.73 Å². The Hall–Kier alpha value is -2.10. The van der Waals surface area contributed by atoms with Gasteiger partial charge < -0.3 is 5.73 Å². The predicted octanol–water partition coefficient (Wildman–Crippen LogP) is 4.00. The maximum atomic E-state index is 6.07. The Morgan fingerprint density at radius 3 is 2.55 bits per heavy atom. The Kier molecular flexibility index (Phi) is 4.27. The molecule has 0 saturated heterocycles. The molecule has 112 valence electrons. The molecule has 3 aromatic rings. The largest absolute Gasteiger partial charge is 0.330 e. The zero-order valence-corrected chi connectivity index (χ0v) is 13.2. The topological polar surface area (TPSA) is 43.8 Å². The average Bonchev–Trinajstić information content (AvgIpc) is 2.92. The summed E-state index contributed by atoms with van der Waals surface area (Å²) in [4.78, 5) is 0. The summed E-state index contributed by atoms with van der Waals surface area (Å²) < 4.78 is 1.98. The van der Waals surface area contributed by atoms with Gasteiger partial charge in [-0.3, -0.25) is 0 Å². The number of hydrogen-bond acceptors (Lipinski definition) is 2. The number of aromatic nitrogens is 2. The Labute approximate surface area is 135 Å². The van der Waals surface area contributed by atoms with E-state index in [2.05, 4.69) is 18.2 Å². The van der Waals surface area contributed by atoms with E-state index in [-0.39, 0.29) is 0 Å². The van der Waals surface area contributed by atoms with Crippen molar-refractivity contribution in [2.45, 2.75) is 13.3 Å². The van der Waals surface area contributed by atoms with Crippen molar-refractivity contribution in [3.8, 4) is 16.9 Å². The van der Waals surface area contributed by atoms with Gasteiger partial charge in [-0.25, -0.2) is 4.68 Å². The van der Waals surface area contributed by atoms with Crippen LogP contribution in [0.15, 0.2) is 54.6 Å². The summed E-state index contributed by atoms with van der Waals surface area (Å²) in [5, 5.41) is 5.46. The van der Waals surface area contributed by atoms with Crippen LogP contribution in [0.2, 0.25) is 5.02 Å². The number of halogens is 1. The molecule has 0 atom stereocenters. The molecule has 4 heteroatoms. The predicted molar refractivity (Wildman–Crippen MR) is 91.5 cm³/mol. The van der Waals surface area contributed by atoms with E-state index in [1.54, 1.807) is 0 Å². The lowest BCUT2D eigenvalue weighted by atomic mass is 10.1. The number of rotatable bonds is 4. The Balaban J connectivity index is 2.17. The normalized spacial score (nSPS) is 10.9. The quantitative estimate of drug-likeness (QED) is 0.791. The van der Waals surface area contributed by atoms with Gasteiger partial charge in [-0.05, 0) is 43.3 Å². The summed E-state index contributed by atoms with van der Waals surface area (Å²) in [5.41, 5.74) is 11.0. The first-order valence-electron chi connectivity index (χ1n) is 7.30. The molecule has 0 radical (unpaired) electrons. The van der Waals surface area contributed by atoms with E-state index in [0.29, 0.717) is 6.54 Å². The van der Waals surface area contributed by atoms with Gasteiger partial charge in [-0.15, -0.1) is 0 Å². The van der Waals surface area contributed by atoms with Gasteiger partial charge in [0.25, 0.3) is 0 Å². The summed E-state index contributed by atoms with van der Waals surface area (Å²) in [6, 6.07) is 18.2. The molecule has 2 N–H and O–H groups in total. The molecule has 1 heterocycles. The van der Waals surface area contributed by atoms with Gasteiger partial charge in [-0.1, -0.05) is 41.9 Å². The van der Waals surface area contributed by atoms with Crippen LogP contribution >= 0.6 is 11.6 Å². The van der Waals surface area contributed by atoms with E-state index < -0.39 is 0 Å². The SMILES string of the molecule is Cc1cc(Cl)ccc1-n1nc(CCN)cc1-c1ccccc1. The van der Waals surface area contributed by atoms with E-state index >= 15 is 0 Å². The second-order valence-corrected chi connectivity index (χ2v) is 5.70. The molecule has 2 aromatic carbocycles. The first kappa shape index (κ1) is 14.8. The van der Waals surface area contributed by atoms with E-state index in [1.165, 1.54) is 0 Å². The minimum absolute atomic E-state index is 0.588. The van der Waals surface area contributed by atoms with Crippen molar-refractivity contribution in [1.82, 2.24) is 9.78 Å². The summed E-state index contributed by atoms with van der Waals surface area (Å²) in [6.07, 6.45) is 0.763. The molecule has 0 aliphatic carbocycles. The Morgan fingerprint density at radius 2 is 1.86 bits per heavy atom. The lowest BCUT2D eigenvalue weighted by molar-refractivity contribution is 0.822. The third-order valence-corrected chi connectivity index (χ3v) is 3.85. The lowest BCUT2D eigenvalue weighted by Crippen LogP contribution is -2.05. The number of benzene rings is 2. The molecule has 0 aliphatic heterocycles. The minimum atomic E-state index is 0.588. The first-order chi connectivity index (χ1) is 10.7. The van der Waals surface area contributed by atoms with Gasteiger partial charge in [0.1, 0.15) is 0 Å². The molecule has 0 spiro atoms. The molecular weight excluding hydrogens is 294 g/mol. The zero-order chi connectivity index (χ0) is 15.5. The molecule has 1 aromatic heterocycles. The fraction of sp³-hybridized carbons (Fsp3) is 0.167. The van der Waals surface area contributed by atoms with Crippen molar-refractivity contribution in [3.63, 3.8) is 0 Å². The Morgan fingerprint density at radius 1 is 1.09 bits per heavy atom. The molecule has 0 fully saturated rings.